The number of aromatic nitrogens is 3. The molecular formula is C25H29N5O2S2. The van der Waals surface area contributed by atoms with E-state index < -0.39 is 0 Å². The van der Waals surface area contributed by atoms with Crippen LogP contribution in [0.25, 0.3) is 0 Å². The molecule has 1 aliphatic rings. The monoisotopic (exact) mass is 495 g/mol. The van der Waals surface area contributed by atoms with E-state index in [2.05, 4.69) is 47.6 Å². The van der Waals surface area contributed by atoms with Gasteiger partial charge in [0.25, 0.3) is 0 Å². The average Bonchev–Trinajstić information content (AvgIpc) is 3.37. The van der Waals surface area contributed by atoms with Crippen molar-refractivity contribution in [2.75, 3.05) is 11.1 Å². The van der Waals surface area contributed by atoms with Gasteiger partial charge in [-0.05, 0) is 61.8 Å². The molecule has 2 aromatic heterocycles. The van der Waals surface area contributed by atoms with Crippen molar-refractivity contribution in [3.05, 3.63) is 51.7 Å². The Morgan fingerprint density at radius 1 is 1.24 bits per heavy atom. The van der Waals surface area contributed by atoms with Crippen molar-refractivity contribution in [3.63, 3.8) is 0 Å². The summed E-state index contributed by atoms with van der Waals surface area (Å²) < 4.78 is 7.91. The van der Waals surface area contributed by atoms with Gasteiger partial charge >= 0.3 is 0 Å². The summed E-state index contributed by atoms with van der Waals surface area (Å²) >= 11 is 2.85. The number of ether oxygens (including phenoxy) is 1. The largest absolute Gasteiger partial charge is 0.483 e. The Morgan fingerprint density at radius 3 is 2.68 bits per heavy atom. The third-order valence-corrected chi connectivity index (χ3v) is 8.19. The molecule has 34 heavy (non-hydrogen) atoms. The number of benzene rings is 1. The Hall–Kier alpha value is -2.83. The van der Waals surface area contributed by atoms with E-state index in [1.165, 1.54) is 33.5 Å². The maximum atomic E-state index is 12.6. The number of hydrogen-bond acceptors (Lipinski definition) is 7. The van der Waals surface area contributed by atoms with E-state index in [9.17, 15) is 10.1 Å². The summed E-state index contributed by atoms with van der Waals surface area (Å²) in [6, 6.07) is 10.4. The quantitative estimate of drug-likeness (QED) is 0.408. The van der Waals surface area contributed by atoms with Gasteiger partial charge in [-0.3, -0.25) is 4.79 Å². The van der Waals surface area contributed by atoms with Crippen LogP contribution in [0.4, 0.5) is 5.00 Å². The van der Waals surface area contributed by atoms with Gasteiger partial charge in [0.05, 0.1) is 11.3 Å². The highest BCUT2D eigenvalue weighted by atomic mass is 32.2. The Morgan fingerprint density at radius 2 is 1.97 bits per heavy atom. The van der Waals surface area contributed by atoms with Gasteiger partial charge in [-0.15, -0.1) is 21.5 Å². The Balaban J connectivity index is 1.35. The van der Waals surface area contributed by atoms with Gasteiger partial charge in [-0.2, -0.15) is 5.26 Å². The zero-order valence-electron chi connectivity index (χ0n) is 19.9. The number of nitrogens with zero attached hydrogens (tertiary/aromatic N) is 4. The summed E-state index contributed by atoms with van der Waals surface area (Å²) in [5, 5.41) is 22.4. The standard InChI is InChI=1S/C25H29N5O2S2/c1-15(2)17-9-11-18(12-10-17)32-16(3)23-28-29-25(30(23)4)33-14-22(31)27-24-20(13-26)19-7-5-6-8-21(19)34-24/h9-12,15-16H,5-8,14H2,1-4H3,(H,27,31). The molecule has 1 unspecified atom stereocenters. The minimum atomic E-state index is -0.291. The highest BCUT2D eigenvalue weighted by molar-refractivity contribution is 7.99. The fourth-order valence-corrected chi connectivity index (χ4v) is 6.03. The molecule has 4 rings (SSSR count). The number of amides is 1. The van der Waals surface area contributed by atoms with E-state index >= 15 is 0 Å². The molecule has 178 valence electrons. The van der Waals surface area contributed by atoms with Crippen molar-refractivity contribution in [3.8, 4) is 11.8 Å². The Kier molecular flexibility index (Phi) is 7.59. The lowest BCUT2D eigenvalue weighted by atomic mass is 9.96. The van der Waals surface area contributed by atoms with Crippen LogP contribution in [0.2, 0.25) is 0 Å². The third-order valence-electron chi connectivity index (χ3n) is 5.96. The predicted molar refractivity (Wildman–Crippen MR) is 136 cm³/mol. The smallest absolute Gasteiger partial charge is 0.235 e. The normalized spacial score (nSPS) is 13.9. The van der Waals surface area contributed by atoms with E-state index in [0.717, 1.165) is 37.0 Å². The van der Waals surface area contributed by atoms with Gasteiger partial charge in [0.2, 0.25) is 5.91 Å². The molecule has 1 amide bonds. The number of aryl methyl sites for hydroxylation is 1. The number of fused-ring (bicyclic) bond motifs is 1. The predicted octanol–water partition coefficient (Wildman–Crippen LogP) is 5.62. The summed E-state index contributed by atoms with van der Waals surface area (Å²) in [6.45, 7) is 6.26. The Bertz CT molecular complexity index is 1210. The molecule has 0 fully saturated rings. The molecule has 0 saturated heterocycles. The first-order valence-corrected chi connectivity index (χ1v) is 13.3. The molecule has 3 aromatic rings. The maximum Gasteiger partial charge on any atom is 0.235 e. The van der Waals surface area contributed by atoms with Crippen molar-refractivity contribution >= 4 is 34.0 Å². The lowest BCUT2D eigenvalue weighted by Gasteiger charge is -2.15. The van der Waals surface area contributed by atoms with Crippen molar-refractivity contribution in [2.24, 2.45) is 7.05 Å². The number of nitrogens with one attached hydrogen (secondary N) is 1. The van der Waals surface area contributed by atoms with Crippen LogP contribution >= 0.6 is 23.1 Å². The number of carbonyl (C=O) groups excluding carboxylic acids is 1. The number of thioether (sulfide) groups is 1. The number of anilines is 1. The minimum Gasteiger partial charge on any atom is -0.483 e. The lowest BCUT2D eigenvalue weighted by molar-refractivity contribution is -0.113. The molecule has 0 saturated carbocycles. The molecule has 0 radical (unpaired) electrons. The van der Waals surface area contributed by atoms with E-state index in [0.29, 0.717) is 27.5 Å². The molecule has 2 heterocycles. The third kappa shape index (κ3) is 5.29. The topological polar surface area (TPSA) is 92.8 Å². The first kappa shape index (κ1) is 24.3. The van der Waals surface area contributed by atoms with Crippen LogP contribution < -0.4 is 10.1 Å². The van der Waals surface area contributed by atoms with Crippen molar-refractivity contribution < 1.29 is 9.53 Å². The molecule has 0 bridgehead atoms. The van der Waals surface area contributed by atoms with Crippen LogP contribution in [0.5, 0.6) is 5.75 Å². The van der Waals surface area contributed by atoms with Crippen LogP contribution in [0.15, 0.2) is 29.4 Å². The van der Waals surface area contributed by atoms with E-state index in [1.54, 1.807) is 0 Å². The molecule has 1 aromatic carbocycles. The minimum absolute atomic E-state index is 0.154. The zero-order valence-corrected chi connectivity index (χ0v) is 21.6. The molecule has 1 aliphatic carbocycles. The second-order valence-corrected chi connectivity index (χ2v) is 10.8. The summed E-state index contributed by atoms with van der Waals surface area (Å²) in [5.41, 5.74) is 3.01. The Labute approximate surface area is 208 Å². The van der Waals surface area contributed by atoms with E-state index in [1.807, 2.05) is 30.7 Å². The van der Waals surface area contributed by atoms with Gasteiger partial charge in [0.1, 0.15) is 16.8 Å². The van der Waals surface area contributed by atoms with E-state index in [4.69, 9.17) is 4.74 Å². The molecule has 9 heteroatoms. The van der Waals surface area contributed by atoms with Gasteiger partial charge < -0.3 is 14.6 Å². The van der Waals surface area contributed by atoms with Crippen LogP contribution in [0.1, 0.15) is 73.0 Å². The number of thiophene rings is 1. The fourth-order valence-electron chi connectivity index (χ4n) is 4.06. The summed E-state index contributed by atoms with van der Waals surface area (Å²) in [6.07, 6.45) is 3.86. The molecular weight excluding hydrogens is 466 g/mol. The first-order valence-electron chi connectivity index (χ1n) is 11.5. The van der Waals surface area contributed by atoms with Crippen molar-refractivity contribution in [1.82, 2.24) is 14.8 Å². The average molecular weight is 496 g/mol. The SMILES string of the molecule is CC(C)c1ccc(OC(C)c2nnc(SCC(=O)Nc3sc4c(c3C#N)CCCC4)n2C)cc1. The van der Waals surface area contributed by atoms with Crippen LogP contribution in [0, 0.1) is 11.3 Å². The molecule has 1 N–H and O–H groups in total. The van der Waals surface area contributed by atoms with Gasteiger partial charge in [-0.25, -0.2) is 0 Å². The molecule has 0 aliphatic heterocycles. The summed E-state index contributed by atoms with van der Waals surface area (Å²) in [5.74, 6) is 1.97. The first-order chi connectivity index (χ1) is 16.4. The number of rotatable bonds is 8. The maximum absolute atomic E-state index is 12.6. The highest BCUT2D eigenvalue weighted by Gasteiger charge is 2.22. The highest BCUT2D eigenvalue weighted by Crippen LogP contribution is 2.37. The molecule has 1 atom stereocenters. The van der Waals surface area contributed by atoms with Gasteiger partial charge in [0, 0.05) is 11.9 Å². The zero-order chi connectivity index (χ0) is 24.2. The second kappa shape index (κ2) is 10.6. The van der Waals surface area contributed by atoms with Crippen LogP contribution in [-0.4, -0.2) is 26.4 Å². The molecule has 7 nitrogen and oxygen atoms in total. The van der Waals surface area contributed by atoms with E-state index in [-0.39, 0.29) is 17.8 Å². The van der Waals surface area contributed by atoms with Gasteiger partial charge in [0.15, 0.2) is 17.1 Å². The summed E-state index contributed by atoms with van der Waals surface area (Å²) in [7, 11) is 1.87. The second-order valence-electron chi connectivity index (χ2n) is 8.75. The van der Waals surface area contributed by atoms with Crippen molar-refractivity contribution in [1.29, 1.82) is 5.26 Å². The number of carbonyl (C=O) groups is 1. The van der Waals surface area contributed by atoms with Crippen LogP contribution in [-0.2, 0) is 24.7 Å². The molecule has 0 spiro atoms. The lowest BCUT2D eigenvalue weighted by Crippen LogP contribution is -2.15. The summed E-state index contributed by atoms with van der Waals surface area (Å²) in [4.78, 5) is 13.9. The van der Waals surface area contributed by atoms with Crippen molar-refractivity contribution in [2.45, 2.75) is 63.6 Å². The van der Waals surface area contributed by atoms with Gasteiger partial charge in [-0.1, -0.05) is 37.7 Å². The number of hydrogen-bond donors (Lipinski definition) is 1. The number of nitriles is 1. The van der Waals surface area contributed by atoms with Crippen LogP contribution in [0.3, 0.4) is 0 Å². The fraction of sp³-hybridized carbons (Fsp3) is 0.440.